The summed E-state index contributed by atoms with van der Waals surface area (Å²) < 4.78 is 11.0. The van der Waals surface area contributed by atoms with Crippen molar-refractivity contribution in [2.24, 2.45) is 0 Å². The van der Waals surface area contributed by atoms with E-state index >= 15 is 0 Å². The Kier molecular flexibility index (Phi) is 4.45. The van der Waals surface area contributed by atoms with E-state index in [1.807, 2.05) is 12.1 Å². The minimum Gasteiger partial charge on any atom is -0.466 e. The van der Waals surface area contributed by atoms with Crippen LogP contribution in [0.15, 0.2) is 45.3 Å². The van der Waals surface area contributed by atoms with Crippen molar-refractivity contribution < 1.29 is 13.9 Å². The van der Waals surface area contributed by atoms with E-state index in [0.717, 1.165) is 10.0 Å². The topological polar surface area (TPSA) is 39.4 Å². The van der Waals surface area contributed by atoms with E-state index in [1.54, 1.807) is 24.3 Å². The van der Waals surface area contributed by atoms with Crippen LogP contribution in [0.25, 0.3) is 17.4 Å². The maximum absolute atomic E-state index is 11.0. The molecule has 0 unspecified atom stereocenters. The molecule has 0 radical (unpaired) electrons. The Bertz CT molecular complexity index is 631. The third kappa shape index (κ3) is 3.49. The van der Waals surface area contributed by atoms with E-state index in [-0.39, 0.29) is 0 Å². The first-order chi connectivity index (χ1) is 9.10. The van der Waals surface area contributed by atoms with Crippen LogP contribution in [0.2, 0.25) is 5.02 Å². The van der Waals surface area contributed by atoms with Gasteiger partial charge in [-0.2, -0.15) is 0 Å². The van der Waals surface area contributed by atoms with Gasteiger partial charge in [-0.25, -0.2) is 4.79 Å². The van der Waals surface area contributed by atoms with Crippen molar-refractivity contribution in [2.75, 3.05) is 7.11 Å². The second kappa shape index (κ2) is 6.08. The van der Waals surface area contributed by atoms with Crippen molar-refractivity contribution in [3.63, 3.8) is 0 Å². The molecule has 0 aliphatic heterocycles. The lowest BCUT2D eigenvalue weighted by Crippen LogP contribution is -1.92. The van der Waals surface area contributed by atoms with Crippen LogP contribution in [0, 0.1) is 0 Å². The van der Waals surface area contributed by atoms with Crippen LogP contribution < -0.4 is 0 Å². The van der Waals surface area contributed by atoms with Crippen LogP contribution in [0.4, 0.5) is 0 Å². The predicted octanol–water partition coefficient (Wildman–Crippen LogP) is 4.55. The number of methoxy groups -OCH3 is 1. The smallest absolute Gasteiger partial charge is 0.330 e. The molecule has 98 valence electrons. The molecule has 0 saturated carbocycles. The Balaban J connectivity index is 2.26. The van der Waals surface area contributed by atoms with Crippen LogP contribution in [0.5, 0.6) is 0 Å². The van der Waals surface area contributed by atoms with Gasteiger partial charge in [-0.05, 0) is 36.4 Å². The molecule has 2 aromatic rings. The first kappa shape index (κ1) is 13.9. The van der Waals surface area contributed by atoms with Gasteiger partial charge in [0.2, 0.25) is 0 Å². The number of hydrogen-bond donors (Lipinski definition) is 0. The predicted molar refractivity (Wildman–Crippen MR) is 77.9 cm³/mol. The van der Waals surface area contributed by atoms with E-state index in [0.29, 0.717) is 16.5 Å². The molecule has 0 amide bonds. The van der Waals surface area contributed by atoms with Gasteiger partial charge in [0.15, 0.2) is 0 Å². The van der Waals surface area contributed by atoms with E-state index in [2.05, 4.69) is 20.7 Å². The third-order valence-corrected chi connectivity index (χ3v) is 3.21. The summed E-state index contributed by atoms with van der Waals surface area (Å²) in [5.41, 5.74) is 0.794. The quantitative estimate of drug-likeness (QED) is 0.607. The lowest BCUT2D eigenvalue weighted by molar-refractivity contribution is -0.134. The molecule has 0 saturated heterocycles. The molecule has 1 aromatic heterocycles. The highest BCUT2D eigenvalue weighted by molar-refractivity contribution is 9.10. The fourth-order valence-electron chi connectivity index (χ4n) is 1.49. The lowest BCUT2D eigenvalue weighted by atomic mass is 10.2. The van der Waals surface area contributed by atoms with Gasteiger partial charge in [0, 0.05) is 16.1 Å². The number of halogens is 2. The monoisotopic (exact) mass is 340 g/mol. The molecule has 0 aliphatic rings. The summed E-state index contributed by atoms with van der Waals surface area (Å²) >= 11 is 9.49. The average Bonchev–Trinajstić information content (AvgIpc) is 2.84. The van der Waals surface area contributed by atoms with E-state index < -0.39 is 5.97 Å². The maximum atomic E-state index is 11.0. The molecule has 0 atom stereocenters. The first-order valence-electron chi connectivity index (χ1n) is 5.41. The van der Waals surface area contributed by atoms with E-state index in [1.165, 1.54) is 13.2 Å². The molecule has 0 N–H and O–H groups in total. The average molecular weight is 342 g/mol. The minimum absolute atomic E-state index is 0.431. The Hall–Kier alpha value is -1.52. The molecular formula is C14H10BrClO3. The number of hydrogen-bond acceptors (Lipinski definition) is 3. The number of benzene rings is 1. The lowest BCUT2D eigenvalue weighted by Gasteiger charge is -2.00. The number of esters is 1. The first-order valence-corrected chi connectivity index (χ1v) is 6.58. The zero-order chi connectivity index (χ0) is 13.8. The highest BCUT2D eigenvalue weighted by Crippen LogP contribution is 2.31. The van der Waals surface area contributed by atoms with Gasteiger partial charge in [-0.15, -0.1) is 0 Å². The van der Waals surface area contributed by atoms with Crippen LogP contribution in [-0.2, 0) is 9.53 Å². The molecule has 0 fully saturated rings. The SMILES string of the molecule is COC(=O)/C=C/c1ccc(-c2ccc(Br)cc2Cl)o1. The summed E-state index contributed by atoms with van der Waals surface area (Å²) in [7, 11) is 1.32. The van der Waals surface area contributed by atoms with Gasteiger partial charge < -0.3 is 9.15 Å². The van der Waals surface area contributed by atoms with Crippen molar-refractivity contribution >= 4 is 39.6 Å². The summed E-state index contributed by atoms with van der Waals surface area (Å²) in [4.78, 5) is 11.0. The van der Waals surface area contributed by atoms with E-state index in [4.69, 9.17) is 16.0 Å². The Morgan fingerprint density at radius 2 is 2.16 bits per heavy atom. The van der Waals surface area contributed by atoms with Crippen LogP contribution >= 0.6 is 27.5 Å². The molecule has 3 nitrogen and oxygen atoms in total. The zero-order valence-corrected chi connectivity index (χ0v) is 12.4. The summed E-state index contributed by atoms with van der Waals surface area (Å²) in [6, 6.07) is 9.09. The summed E-state index contributed by atoms with van der Waals surface area (Å²) in [6.45, 7) is 0. The molecule has 5 heteroatoms. The second-order valence-corrected chi connectivity index (χ2v) is 5.01. The molecule has 19 heavy (non-hydrogen) atoms. The normalized spacial score (nSPS) is 10.9. The van der Waals surface area contributed by atoms with Gasteiger partial charge in [0.25, 0.3) is 0 Å². The number of carbonyl (C=O) groups excluding carboxylic acids is 1. The van der Waals surface area contributed by atoms with Crippen molar-refractivity contribution in [1.82, 2.24) is 0 Å². The molecular weight excluding hydrogens is 332 g/mol. The molecule has 1 heterocycles. The number of furan rings is 1. The molecule has 0 aliphatic carbocycles. The second-order valence-electron chi connectivity index (χ2n) is 3.68. The number of rotatable bonds is 3. The molecule has 2 rings (SSSR count). The fraction of sp³-hybridized carbons (Fsp3) is 0.0714. The fourth-order valence-corrected chi connectivity index (χ4v) is 2.26. The Morgan fingerprint density at radius 1 is 1.37 bits per heavy atom. The van der Waals surface area contributed by atoms with Crippen LogP contribution in [0.3, 0.4) is 0 Å². The largest absolute Gasteiger partial charge is 0.466 e. The van der Waals surface area contributed by atoms with Gasteiger partial charge >= 0.3 is 5.97 Å². The number of carbonyl (C=O) groups is 1. The Morgan fingerprint density at radius 3 is 2.84 bits per heavy atom. The third-order valence-electron chi connectivity index (χ3n) is 2.41. The van der Waals surface area contributed by atoms with Gasteiger partial charge in [0.05, 0.1) is 12.1 Å². The minimum atomic E-state index is -0.431. The summed E-state index contributed by atoms with van der Waals surface area (Å²) in [6.07, 6.45) is 2.84. The van der Waals surface area contributed by atoms with Gasteiger partial charge in [0.1, 0.15) is 11.5 Å². The van der Waals surface area contributed by atoms with E-state index in [9.17, 15) is 4.79 Å². The summed E-state index contributed by atoms with van der Waals surface area (Å²) in [5.74, 6) is 0.765. The van der Waals surface area contributed by atoms with Crippen molar-refractivity contribution in [3.05, 3.63) is 51.7 Å². The van der Waals surface area contributed by atoms with Crippen molar-refractivity contribution in [2.45, 2.75) is 0 Å². The highest BCUT2D eigenvalue weighted by Gasteiger charge is 2.08. The molecule has 0 spiro atoms. The van der Waals surface area contributed by atoms with Crippen molar-refractivity contribution in [1.29, 1.82) is 0 Å². The van der Waals surface area contributed by atoms with Crippen molar-refractivity contribution in [3.8, 4) is 11.3 Å². The summed E-state index contributed by atoms with van der Waals surface area (Å²) in [5, 5.41) is 0.590. The van der Waals surface area contributed by atoms with Crippen LogP contribution in [0.1, 0.15) is 5.76 Å². The maximum Gasteiger partial charge on any atom is 0.330 e. The van der Waals surface area contributed by atoms with Gasteiger partial charge in [-0.3, -0.25) is 0 Å². The zero-order valence-electron chi connectivity index (χ0n) is 10.0. The van der Waals surface area contributed by atoms with Gasteiger partial charge in [-0.1, -0.05) is 27.5 Å². The highest BCUT2D eigenvalue weighted by atomic mass is 79.9. The Labute approximate surface area is 123 Å². The molecule has 1 aromatic carbocycles. The molecule has 0 bridgehead atoms. The standard InChI is InChI=1S/C14H10BrClO3/c1-18-14(17)7-4-10-3-6-13(19-10)11-5-2-9(15)8-12(11)16/h2-8H,1H3/b7-4+. The number of ether oxygens (including phenoxy) is 1. The van der Waals surface area contributed by atoms with Crippen LogP contribution in [-0.4, -0.2) is 13.1 Å².